The molecule has 2 N–H and O–H groups in total. The average Bonchev–Trinajstić information content (AvgIpc) is 2.77. The van der Waals surface area contributed by atoms with E-state index in [1.807, 2.05) is 24.3 Å². The quantitative estimate of drug-likeness (QED) is 0.579. The summed E-state index contributed by atoms with van der Waals surface area (Å²) in [5.41, 5.74) is 1.84. The number of nitrogens with zero attached hydrogens (tertiary/aromatic N) is 1. The van der Waals surface area contributed by atoms with Crippen molar-refractivity contribution >= 4 is 33.2 Å². The van der Waals surface area contributed by atoms with E-state index in [1.54, 1.807) is 29.2 Å². The second kappa shape index (κ2) is 10.2. The summed E-state index contributed by atoms with van der Waals surface area (Å²) in [5, 5.41) is 2.73. The van der Waals surface area contributed by atoms with Gasteiger partial charge in [-0.15, -0.1) is 6.58 Å². The van der Waals surface area contributed by atoms with Crippen LogP contribution in [-0.2, 0) is 25.4 Å². The SMILES string of the molecule is C=CCNS(=O)(=O)Cc1ccc(NC(=O)CCC(=O)N2CCOc3ccccc32)cc1. The van der Waals surface area contributed by atoms with Crippen molar-refractivity contribution in [3.8, 4) is 5.75 Å². The van der Waals surface area contributed by atoms with E-state index in [1.165, 1.54) is 6.08 Å². The van der Waals surface area contributed by atoms with Gasteiger partial charge in [-0.25, -0.2) is 13.1 Å². The van der Waals surface area contributed by atoms with E-state index in [0.29, 0.717) is 35.8 Å². The van der Waals surface area contributed by atoms with Gasteiger partial charge in [0.2, 0.25) is 21.8 Å². The van der Waals surface area contributed by atoms with Gasteiger partial charge in [0, 0.05) is 25.1 Å². The van der Waals surface area contributed by atoms with Gasteiger partial charge in [0.1, 0.15) is 12.4 Å². The third-order valence-corrected chi connectivity index (χ3v) is 5.96. The molecule has 164 valence electrons. The van der Waals surface area contributed by atoms with Crippen molar-refractivity contribution in [1.82, 2.24) is 4.72 Å². The third-order valence-electron chi connectivity index (χ3n) is 4.64. The Bertz CT molecular complexity index is 1050. The highest BCUT2D eigenvalue weighted by Crippen LogP contribution is 2.31. The number of para-hydroxylation sites is 2. The number of anilines is 2. The molecule has 0 unspecified atom stereocenters. The number of amides is 2. The van der Waals surface area contributed by atoms with Gasteiger partial charge < -0.3 is 15.0 Å². The maximum atomic E-state index is 12.6. The minimum Gasteiger partial charge on any atom is -0.490 e. The number of hydrogen-bond acceptors (Lipinski definition) is 5. The zero-order valence-corrected chi connectivity index (χ0v) is 17.9. The first-order valence-corrected chi connectivity index (χ1v) is 11.5. The molecule has 3 rings (SSSR count). The lowest BCUT2D eigenvalue weighted by atomic mass is 10.2. The summed E-state index contributed by atoms with van der Waals surface area (Å²) < 4.78 is 31.8. The Labute approximate surface area is 181 Å². The molecule has 9 heteroatoms. The summed E-state index contributed by atoms with van der Waals surface area (Å²) in [6.45, 7) is 4.51. The van der Waals surface area contributed by atoms with Crippen LogP contribution in [0.5, 0.6) is 5.75 Å². The number of hydrogen-bond donors (Lipinski definition) is 2. The highest BCUT2D eigenvalue weighted by Gasteiger charge is 2.23. The Morgan fingerprint density at radius 3 is 2.58 bits per heavy atom. The molecule has 2 aromatic carbocycles. The smallest absolute Gasteiger partial charge is 0.227 e. The molecule has 0 aliphatic carbocycles. The van der Waals surface area contributed by atoms with Gasteiger partial charge in [0.25, 0.3) is 0 Å². The largest absolute Gasteiger partial charge is 0.490 e. The summed E-state index contributed by atoms with van der Waals surface area (Å²) in [5.74, 6) is 0.0691. The molecule has 0 spiro atoms. The lowest BCUT2D eigenvalue weighted by molar-refractivity contribution is -0.122. The van der Waals surface area contributed by atoms with Crippen LogP contribution in [0.3, 0.4) is 0 Å². The molecule has 1 aliphatic heterocycles. The maximum absolute atomic E-state index is 12.6. The molecule has 0 fully saturated rings. The molecule has 0 atom stereocenters. The summed E-state index contributed by atoms with van der Waals surface area (Å²) in [4.78, 5) is 26.5. The van der Waals surface area contributed by atoms with Crippen molar-refractivity contribution in [2.45, 2.75) is 18.6 Å². The Balaban J connectivity index is 1.50. The third kappa shape index (κ3) is 6.40. The van der Waals surface area contributed by atoms with E-state index in [0.717, 1.165) is 0 Å². The van der Waals surface area contributed by atoms with Crippen LogP contribution in [0.1, 0.15) is 18.4 Å². The summed E-state index contributed by atoms with van der Waals surface area (Å²) >= 11 is 0. The van der Waals surface area contributed by atoms with E-state index < -0.39 is 10.0 Å². The predicted octanol–water partition coefficient (Wildman–Crippen LogP) is 2.44. The number of rotatable bonds is 9. The molecule has 31 heavy (non-hydrogen) atoms. The molecule has 2 amide bonds. The molecule has 2 aromatic rings. The average molecular weight is 444 g/mol. The van der Waals surface area contributed by atoms with E-state index in [-0.39, 0.29) is 37.0 Å². The van der Waals surface area contributed by atoms with E-state index in [9.17, 15) is 18.0 Å². The number of fused-ring (bicyclic) bond motifs is 1. The summed E-state index contributed by atoms with van der Waals surface area (Å²) in [7, 11) is -3.44. The summed E-state index contributed by atoms with van der Waals surface area (Å²) in [6, 6.07) is 13.9. The zero-order valence-electron chi connectivity index (χ0n) is 17.0. The minimum absolute atomic E-state index is 0.0416. The number of sulfonamides is 1. The second-order valence-corrected chi connectivity index (χ2v) is 8.81. The molecule has 0 radical (unpaired) electrons. The van der Waals surface area contributed by atoms with Crippen LogP contribution >= 0.6 is 0 Å². The molecule has 1 heterocycles. The van der Waals surface area contributed by atoms with Crippen molar-refractivity contribution in [1.29, 1.82) is 0 Å². The maximum Gasteiger partial charge on any atom is 0.227 e. The van der Waals surface area contributed by atoms with E-state index in [2.05, 4.69) is 16.6 Å². The molecule has 8 nitrogen and oxygen atoms in total. The van der Waals surface area contributed by atoms with Gasteiger partial charge >= 0.3 is 0 Å². The van der Waals surface area contributed by atoms with Crippen molar-refractivity contribution in [3.63, 3.8) is 0 Å². The first-order valence-electron chi connectivity index (χ1n) is 9.87. The highest BCUT2D eigenvalue weighted by atomic mass is 32.2. The van der Waals surface area contributed by atoms with E-state index in [4.69, 9.17) is 4.74 Å². The van der Waals surface area contributed by atoms with Gasteiger partial charge in [0.05, 0.1) is 18.0 Å². The normalized spacial score (nSPS) is 13.1. The molecular weight excluding hydrogens is 418 g/mol. The van der Waals surface area contributed by atoms with Crippen LogP contribution in [0.25, 0.3) is 0 Å². The molecule has 0 saturated carbocycles. The molecule has 0 aromatic heterocycles. The highest BCUT2D eigenvalue weighted by molar-refractivity contribution is 7.88. The van der Waals surface area contributed by atoms with Crippen LogP contribution in [0.4, 0.5) is 11.4 Å². The molecule has 0 saturated heterocycles. The Morgan fingerprint density at radius 2 is 1.84 bits per heavy atom. The van der Waals surface area contributed by atoms with Crippen molar-refractivity contribution in [3.05, 3.63) is 66.7 Å². The van der Waals surface area contributed by atoms with Gasteiger partial charge in [0.15, 0.2) is 0 Å². The van der Waals surface area contributed by atoms with Crippen LogP contribution < -0.4 is 19.7 Å². The Kier molecular flexibility index (Phi) is 7.43. The molecular formula is C22H25N3O5S. The van der Waals surface area contributed by atoms with Crippen molar-refractivity contribution < 1.29 is 22.7 Å². The van der Waals surface area contributed by atoms with Gasteiger partial charge in [-0.1, -0.05) is 30.3 Å². The lowest BCUT2D eigenvalue weighted by Crippen LogP contribution is -2.38. The van der Waals surface area contributed by atoms with Gasteiger partial charge in [-0.3, -0.25) is 9.59 Å². The number of benzene rings is 2. The fourth-order valence-corrected chi connectivity index (χ4v) is 4.25. The topological polar surface area (TPSA) is 105 Å². The van der Waals surface area contributed by atoms with Gasteiger partial charge in [-0.2, -0.15) is 0 Å². The minimum atomic E-state index is -3.44. The first-order chi connectivity index (χ1) is 14.9. The number of carbonyl (C=O) groups is 2. The fraction of sp³-hybridized carbons (Fsp3) is 0.273. The number of carbonyl (C=O) groups excluding carboxylic acids is 2. The molecule has 0 bridgehead atoms. The first kappa shape index (κ1) is 22.5. The zero-order chi connectivity index (χ0) is 22.3. The second-order valence-electron chi connectivity index (χ2n) is 7.00. The standard InChI is InChI=1S/C22H25N3O5S/c1-2-13-23-31(28,29)16-17-7-9-18(10-8-17)24-21(26)11-12-22(27)25-14-15-30-20-6-4-3-5-19(20)25/h2-10,23H,1,11-16H2,(H,24,26). The van der Waals surface area contributed by atoms with E-state index >= 15 is 0 Å². The van der Waals surface area contributed by atoms with Crippen molar-refractivity contribution in [2.24, 2.45) is 0 Å². The van der Waals surface area contributed by atoms with Crippen molar-refractivity contribution in [2.75, 3.05) is 29.9 Å². The van der Waals surface area contributed by atoms with Crippen LogP contribution in [0, 0.1) is 0 Å². The van der Waals surface area contributed by atoms with Crippen LogP contribution in [0.15, 0.2) is 61.2 Å². The van der Waals surface area contributed by atoms with Gasteiger partial charge in [-0.05, 0) is 29.8 Å². The van der Waals surface area contributed by atoms with Crippen LogP contribution in [-0.4, -0.2) is 39.9 Å². The molecule has 1 aliphatic rings. The number of nitrogens with one attached hydrogen (secondary N) is 2. The lowest BCUT2D eigenvalue weighted by Gasteiger charge is -2.29. The Morgan fingerprint density at radius 1 is 1.10 bits per heavy atom. The monoisotopic (exact) mass is 443 g/mol. The number of ether oxygens (including phenoxy) is 1. The summed E-state index contributed by atoms with van der Waals surface area (Å²) in [6.07, 6.45) is 1.59. The fourth-order valence-electron chi connectivity index (χ4n) is 3.15. The Hall–Kier alpha value is -3.17. The predicted molar refractivity (Wildman–Crippen MR) is 119 cm³/mol. The van der Waals surface area contributed by atoms with Crippen LogP contribution in [0.2, 0.25) is 0 Å².